The Morgan fingerprint density at radius 2 is 1.73 bits per heavy atom. The maximum absolute atomic E-state index is 5.53. The molecule has 0 saturated heterocycles. The van der Waals surface area contributed by atoms with Crippen molar-refractivity contribution in [2.45, 2.75) is 38.5 Å². The number of hydrogen-bond acceptors (Lipinski definition) is 2. The van der Waals surface area contributed by atoms with Crippen LogP contribution in [0.15, 0.2) is 0 Å². The van der Waals surface area contributed by atoms with E-state index in [1.54, 1.807) is 0 Å². The Labute approximate surface area is 93.8 Å². The maximum Gasteiger partial charge on any atom is 0.0536 e. The first-order valence-corrected chi connectivity index (χ1v) is 6.47. The number of ether oxygens (including phenoxy) is 1. The van der Waals surface area contributed by atoms with Gasteiger partial charge in [0.2, 0.25) is 0 Å². The Bertz CT molecular complexity index is 189. The second-order valence-electron chi connectivity index (χ2n) is 5.45. The van der Waals surface area contributed by atoms with Crippen LogP contribution < -0.4 is 5.32 Å². The minimum absolute atomic E-state index is 0.458. The monoisotopic (exact) mass is 211 g/mol. The Morgan fingerprint density at radius 1 is 1.13 bits per heavy atom. The number of hydrogen-bond donors (Lipinski definition) is 1. The van der Waals surface area contributed by atoms with Gasteiger partial charge in [0.15, 0.2) is 0 Å². The molecule has 0 aromatic rings. The molecule has 1 unspecified atom stereocenters. The molecule has 0 bridgehead atoms. The molecule has 0 aliphatic heterocycles. The van der Waals surface area contributed by atoms with E-state index in [2.05, 4.69) is 12.4 Å². The SMILES string of the molecule is CNCC(COC)(C1CCCC1)C1CC1. The first-order chi connectivity index (χ1) is 7.33. The standard InChI is InChI=1S/C13H25NO/c1-14-9-13(10-15-2,12-7-8-12)11-5-3-4-6-11/h11-12,14H,3-10H2,1-2H3. The average molecular weight is 211 g/mol. The number of nitrogens with one attached hydrogen (secondary N) is 1. The molecule has 2 saturated carbocycles. The summed E-state index contributed by atoms with van der Waals surface area (Å²) in [5, 5.41) is 3.41. The van der Waals surface area contributed by atoms with Crippen molar-refractivity contribution in [2.24, 2.45) is 17.3 Å². The van der Waals surface area contributed by atoms with Crippen LogP contribution in [0, 0.1) is 17.3 Å². The second kappa shape index (κ2) is 4.84. The van der Waals surface area contributed by atoms with Crippen LogP contribution in [0.2, 0.25) is 0 Å². The highest BCUT2D eigenvalue weighted by Crippen LogP contribution is 2.54. The van der Waals surface area contributed by atoms with Crippen molar-refractivity contribution in [2.75, 3.05) is 27.3 Å². The third kappa shape index (κ3) is 2.21. The molecule has 0 amide bonds. The molecule has 1 atom stereocenters. The van der Waals surface area contributed by atoms with Gasteiger partial charge in [0.25, 0.3) is 0 Å². The van der Waals surface area contributed by atoms with Crippen molar-refractivity contribution < 1.29 is 4.74 Å². The van der Waals surface area contributed by atoms with E-state index in [-0.39, 0.29) is 0 Å². The molecule has 88 valence electrons. The van der Waals surface area contributed by atoms with Gasteiger partial charge in [-0.25, -0.2) is 0 Å². The van der Waals surface area contributed by atoms with Crippen LogP contribution >= 0.6 is 0 Å². The molecule has 2 aliphatic carbocycles. The summed E-state index contributed by atoms with van der Waals surface area (Å²) in [5.74, 6) is 1.85. The molecular weight excluding hydrogens is 186 g/mol. The molecular formula is C13H25NO. The van der Waals surface area contributed by atoms with Gasteiger partial charge in [0.1, 0.15) is 0 Å². The summed E-state index contributed by atoms with van der Waals surface area (Å²) in [6.45, 7) is 2.11. The van der Waals surface area contributed by atoms with Crippen LogP contribution in [0.25, 0.3) is 0 Å². The van der Waals surface area contributed by atoms with Gasteiger partial charge in [0.05, 0.1) is 6.61 Å². The van der Waals surface area contributed by atoms with E-state index in [0.717, 1.165) is 25.0 Å². The zero-order valence-electron chi connectivity index (χ0n) is 10.2. The summed E-state index contributed by atoms with van der Waals surface area (Å²) in [7, 11) is 3.95. The van der Waals surface area contributed by atoms with E-state index < -0.39 is 0 Å². The molecule has 2 fully saturated rings. The first-order valence-electron chi connectivity index (χ1n) is 6.47. The Balaban J connectivity index is 2.09. The molecule has 1 N–H and O–H groups in total. The van der Waals surface area contributed by atoms with Crippen LogP contribution in [0.5, 0.6) is 0 Å². The minimum Gasteiger partial charge on any atom is -0.384 e. The fourth-order valence-corrected chi connectivity index (χ4v) is 3.67. The molecule has 0 heterocycles. The lowest BCUT2D eigenvalue weighted by molar-refractivity contribution is 0.0153. The van der Waals surface area contributed by atoms with Gasteiger partial charge in [-0.2, -0.15) is 0 Å². The van der Waals surface area contributed by atoms with Gasteiger partial charge in [0, 0.05) is 19.1 Å². The molecule has 2 heteroatoms. The Morgan fingerprint density at radius 3 is 2.20 bits per heavy atom. The van der Waals surface area contributed by atoms with Crippen molar-refractivity contribution in [3.8, 4) is 0 Å². The molecule has 0 radical (unpaired) electrons. The zero-order valence-corrected chi connectivity index (χ0v) is 10.2. The van der Waals surface area contributed by atoms with E-state index in [1.807, 2.05) is 7.11 Å². The molecule has 2 nitrogen and oxygen atoms in total. The minimum atomic E-state index is 0.458. The molecule has 0 aromatic heterocycles. The van der Waals surface area contributed by atoms with Crippen molar-refractivity contribution in [3.05, 3.63) is 0 Å². The largest absolute Gasteiger partial charge is 0.384 e. The van der Waals surface area contributed by atoms with Crippen LogP contribution in [0.4, 0.5) is 0 Å². The summed E-state index contributed by atoms with van der Waals surface area (Å²) in [6.07, 6.45) is 8.60. The highest BCUT2D eigenvalue weighted by atomic mass is 16.5. The van der Waals surface area contributed by atoms with E-state index in [0.29, 0.717) is 5.41 Å². The predicted octanol–water partition coefficient (Wildman–Crippen LogP) is 2.44. The summed E-state index contributed by atoms with van der Waals surface area (Å²) >= 11 is 0. The highest BCUT2D eigenvalue weighted by molar-refractivity contribution is 5.00. The van der Waals surface area contributed by atoms with Crippen molar-refractivity contribution in [1.82, 2.24) is 5.32 Å². The smallest absolute Gasteiger partial charge is 0.0536 e. The van der Waals surface area contributed by atoms with Crippen LogP contribution in [-0.4, -0.2) is 27.3 Å². The van der Waals surface area contributed by atoms with Gasteiger partial charge in [-0.05, 0) is 44.6 Å². The van der Waals surface area contributed by atoms with Gasteiger partial charge >= 0.3 is 0 Å². The summed E-state index contributed by atoms with van der Waals surface area (Å²) < 4.78 is 5.53. The lowest BCUT2D eigenvalue weighted by Crippen LogP contribution is -2.44. The van der Waals surface area contributed by atoms with Gasteiger partial charge in [-0.15, -0.1) is 0 Å². The molecule has 15 heavy (non-hydrogen) atoms. The van der Waals surface area contributed by atoms with Crippen LogP contribution in [0.3, 0.4) is 0 Å². The van der Waals surface area contributed by atoms with Crippen molar-refractivity contribution in [1.29, 1.82) is 0 Å². The second-order valence-corrected chi connectivity index (χ2v) is 5.45. The maximum atomic E-state index is 5.53. The van der Waals surface area contributed by atoms with Crippen LogP contribution in [-0.2, 0) is 4.74 Å². The van der Waals surface area contributed by atoms with E-state index in [1.165, 1.54) is 38.5 Å². The number of methoxy groups -OCH3 is 1. The third-order valence-electron chi connectivity index (χ3n) is 4.48. The van der Waals surface area contributed by atoms with Gasteiger partial charge in [-0.3, -0.25) is 0 Å². The van der Waals surface area contributed by atoms with Crippen molar-refractivity contribution in [3.63, 3.8) is 0 Å². The predicted molar refractivity (Wildman–Crippen MR) is 62.9 cm³/mol. The molecule has 2 rings (SSSR count). The van der Waals surface area contributed by atoms with E-state index in [9.17, 15) is 0 Å². The first kappa shape index (κ1) is 11.4. The summed E-state index contributed by atoms with van der Waals surface area (Å²) in [6, 6.07) is 0. The molecule has 0 spiro atoms. The van der Waals surface area contributed by atoms with E-state index in [4.69, 9.17) is 4.74 Å². The summed E-state index contributed by atoms with van der Waals surface area (Å²) in [4.78, 5) is 0. The Kier molecular flexibility index (Phi) is 3.68. The Hall–Kier alpha value is -0.0800. The lowest BCUT2D eigenvalue weighted by atomic mass is 9.71. The lowest BCUT2D eigenvalue weighted by Gasteiger charge is -2.39. The highest BCUT2D eigenvalue weighted by Gasteiger charge is 2.50. The van der Waals surface area contributed by atoms with Gasteiger partial charge < -0.3 is 10.1 Å². The fraction of sp³-hybridized carbons (Fsp3) is 1.00. The molecule has 2 aliphatic rings. The normalized spacial score (nSPS) is 26.8. The van der Waals surface area contributed by atoms with E-state index >= 15 is 0 Å². The van der Waals surface area contributed by atoms with Gasteiger partial charge in [-0.1, -0.05) is 12.8 Å². The third-order valence-corrected chi connectivity index (χ3v) is 4.48. The average Bonchev–Trinajstić information content (AvgIpc) is 2.94. The van der Waals surface area contributed by atoms with Crippen LogP contribution in [0.1, 0.15) is 38.5 Å². The summed E-state index contributed by atoms with van der Waals surface area (Å²) in [5.41, 5.74) is 0.458. The topological polar surface area (TPSA) is 21.3 Å². The fourth-order valence-electron chi connectivity index (χ4n) is 3.67. The zero-order chi connectivity index (χ0) is 10.7. The quantitative estimate of drug-likeness (QED) is 0.728. The molecule has 0 aromatic carbocycles. The number of rotatable bonds is 6. The van der Waals surface area contributed by atoms with Crippen molar-refractivity contribution >= 4 is 0 Å².